The van der Waals surface area contributed by atoms with E-state index in [0.717, 1.165) is 12.2 Å². The lowest BCUT2D eigenvalue weighted by atomic mass is 10.0. The largest absolute Gasteiger partial charge is 0.287 e. The number of hydrogen-bond acceptors (Lipinski definition) is 2. The fourth-order valence-corrected chi connectivity index (χ4v) is 2.07. The Morgan fingerprint density at radius 2 is 2.00 bits per heavy atom. The summed E-state index contributed by atoms with van der Waals surface area (Å²) >= 11 is 1.46. The molecule has 0 rings (SSSR count). The van der Waals surface area contributed by atoms with Crippen LogP contribution in [0.3, 0.4) is 0 Å². The molecule has 0 heterocycles. The number of hydrogen-bond donors (Lipinski definition) is 0. The monoisotopic (exact) mass is 202 g/mol. The van der Waals surface area contributed by atoms with E-state index in [2.05, 4.69) is 13.8 Å². The Balaban J connectivity index is 3.38. The van der Waals surface area contributed by atoms with Gasteiger partial charge in [-0.05, 0) is 11.7 Å². The molecule has 0 aromatic carbocycles. The molecule has 13 heavy (non-hydrogen) atoms. The molecule has 0 aromatic heterocycles. The molecule has 0 aliphatic rings. The maximum Gasteiger partial charge on any atom is 0.189 e. The highest BCUT2D eigenvalue weighted by atomic mass is 32.2. The van der Waals surface area contributed by atoms with Gasteiger partial charge in [-0.3, -0.25) is 4.79 Å². The van der Waals surface area contributed by atoms with Crippen molar-refractivity contribution in [3.05, 3.63) is 0 Å². The van der Waals surface area contributed by atoms with Crippen LogP contribution in [0.5, 0.6) is 0 Å². The normalized spacial score (nSPS) is 12.8. The first kappa shape index (κ1) is 13.0. The number of rotatable bonds is 7. The quantitative estimate of drug-likeness (QED) is 0.583. The second-order valence-corrected chi connectivity index (χ2v) is 4.93. The van der Waals surface area contributed by atoms with Crippen LogP contribution in [0, 0.1) is 5.92 Å². The summed E-state index contributed by atoms with van der Waals surface area (Å²) in [5.74, 6) is 1.50. The number of carbonyl (C=O) groups excluding carboxylic acids is 1. The van der Waals surface area contributed by atoms with Crippen molar-refractivity contribution in [2.24, 2.45) is 5.92 Å². The standard InChI is InChI=1S/C11H22OS/c1-4-6-7-8-10(3)9-11(12)13-5-2/h10H,4-9H2,1-3H3. The topological polar surface area (TPSA) is 17.1 Å². The van der Waals surface area contributed by atoms with Gasteiger partial charge in [-0.1, -0.05) is 58.2 Å². The van der Waals surface area contributed by atoms with Gasteiger partial charge < -0.3 is 0 Å². The molecule has 2 heteroatoms. The van der Waals surface area contributed by atoms with Crippen LogP contribution in [0.15, 0.2) is 0 Å². The highest BCUT2D eigenvalue weighted by Gasteiger charge is 2.08. The van der Waals surface area contributed by atoms with Gasteiger partial charge in [0.2, 0.25) is 0 Å². The Bertz CT molecular complexity index is 134. The zero-order valence-corrected chi connectivity index (χ0v) is 9.95. The second-order valence-electron chi connectivity index (χ2n) is 3.61. The molecule has 0 fully saturated rings. The minimum Gasteiger partial charge on any atom is -0.287 e. The summed E-state index contributed by atoms with van der Waals surface area (Å²) in [6.45, 7) is 6.43. The minimum atomic E-state index is 0.367. The van der Waals surface area contributed by atoms with Crippen LogP contribution in [0.1, 0.15) is 52.9 Å². The van der Waals surface area contributed by atoms with Crippen molar-refractivity contribution in [2.75, 3.05) is 5.75 Å². The zero-order chi connectivity index (χ0) is 10.1. The third kappa shape index (κ3) is 8.35. The van der Waals surface area contributed by atoms with Gasteiger partial charge in [0.15, 0.2) is 5.12 Å². The first-order valence-electron chi connectivity index (χ1n) is 5.36. The number of thioether (sulfide) groups is 1. The Hall–Kier alpha value is 0.0200. The van der Waals surface area contributed by atoms with Crippen LogP contribution in [-0.4, -0.2) is 10.9 Å². The average molecular weight is 202 g/mol. The molecule has 1 atom stereocenters. The number of unbranched alkanes of at least 4 members (excludes halogenated alkanes) is 2. The Morgan fingerprint density at radius 1 is 1.31 bits per heavy atom. The lowest BCUT2D eigenvalue weighted by Crippen LogP contribution is -2.02. The van der Waals surface area contributed by atoms with Crippen LogP contribution in [0.4, 0.5) is 0 Å². The maximum atomic E-state index is 11.2. The molecule has 0 saturated heterocycles. The van der Waals surface area contributed by atoms with Crippen LogP contribution < -0.4 is 0 Å². The molecule has 0 amide bonds. The van der Waals surface area contributed by atoms with Crippen LogP contribution >= 0.6 is 11.8 Å². The van der Waals surface area contributed by atoms with Crippen molar-refractivity contribution < 1.29 is 4.79 Å². The van der Waals surface area contributed by atoms with Crippen molar-refractivity contribution in [3.63, 3.8) is 0 Å². The average Bonchev–Trinajstić information content (AvgIpc) is 2.05. The third-order valence-electron chi connectivity index (χ3n) is 2.12. The number of carbonyl (C=O) groups is 1. The molecule has 0 N–H and O–H groups in total. The molecule has 0 aliphatic heterocycles. The first-order chi connectivity index (χ1) is 6.20. The molecule has 0 saturated carbocycles. The highest BCUT2D eigenvalue weighted by molar-refractivity contribution is 8.13. The van der Waals surface area contributed by atoms with Gasteiger partial charge in [0.1, 0.15) is 0 Å². The predicted molar refractivity (Wildman–Crippen MR) is 61.1 cm³/mol. The van der Waals surface area contributed by atoms with Gasteiger partial charge in [-0.2, -0.15) is 0 Å². The van der Waals surface area contributed by atoms with Gasteiger partial charge >= 0.3 is 0 Å². The summed E-state index contributed by atoms with van der Waals surface area (Å²) in [5, 5.41) is 0.367. The molecule has 0 spiro atoms. The molecular weight excluding hydrogens is 180 g/mol. The summed E-state index contributed by atoms with van der Waals surface area (Å²) in [4.78, 5) is 11.2. The molecule has 0 aliphatic carbocycles. The van der Waals surface area contributed by atoms with Crippen LogP contribution in [-0.2, 0) is 4.79 Å². The maximum absolute atomic E-state index is 11.2. The van der Waals surface area contributed by atoms with Crippen molar-refractivity contribution in [2.45, 2.75) is 52.9 Å². The summed E-state index contributed by atoms with van der Waals surface area (Å²) in [5.41, 5.74) is 0. The highest BCUT2D eigenvalue weighted by Crippen LogP contribution is 2.17. The molecular formula is C11H22OS. The molecule has 78 valence electrons. The summed E-state index contributed by atoms with van der Waals surface area (Å²) in [7, 11) is 0. The predicted octanol–water partition coefficient (Wildman–Crippen LogP) is 3.87. The Labute approximate surface area is 86.7 Å². The lowest BCUT2D eigenvalue weighted by Gasteiger charge is -2.08. The molecule has 0 bridgehead atoms. The van der Waals surface area contributed by atoms with Crippen LogP contribution in [0.25, 0.3) is 0 Å². The zero-order valence-electron chi connectivity index (χ0n) is 9.14. The van der Waals surface area contributed by atoms with E-state index in [-0.39, 0.29) is 0 Å². The van der Waals surface area contributed by atoms with E-state index in [1.807, 2.05) is 6.92 Å². The van der Waals surface area contributed by atoms with E-state index < -0.39 is 0 Å². The van der Waals surface area contributed by atoms with Crippen molar-refractivity contribution >= 4 is 16.9 Å². The third-order valence-corrected chi connectivity index (χ3v) is 2.90. The van der Waals surface area contributed by atoms with E-state index >= 15 is 0 Å². The van der Waals surface area contributed by atoms with Gasteiger partial charge in [-0.25, -0.2) is 0 Å². The van der Waals surface area contributed by atoms with Crippen molar-refractivity contribution in [1.29, 1.82) is 0 Å². The van der Waals surface area contributed by atoms with Crippen LogP contribution in [0.2, 0.25) is 0 Å². The van der Waals surface area contributed by atoms with E-state index in [9.17, 15) is 4.79 Å². The molecule has 1 nitrogen and oxygen atoms in total. The summed E-state index contributed by atoms with van der Waals surface area (Å²) in [6.07, 6.45) is 5.83. The molecule has 0 aromatic rings. The lowest BCUT2D eigenvalue weighted by molar-refractivity contribution is -0.111. The van der Waals surface area contributed by atoms with E-state index in [0.29, 0.717) is 11.0 Å². The summed E-state index contributed by atoms with van der Waals surface area (Å²) < 4.78 is 0. The minimum absolute atomic E-state index is 0.367. The first-order valence-corrected chi connectivity index (χ1v) is 6.34. The Morgan fingerprint density at radius 3 is 2.54 bits per heavy atom. The van der Waals surface area contributed by atoms with E-state index in [1.165, 1.54) is 37.4 Å². The van der Waals surface area contributed by atoms with E-state index in [1.54, 1.807) is 0 Å². The Kier molecular flexibility index (Phi) is 8.62. The van der Waals surface area contributed by atoms with Crippen molar-refractivity contribution in [1.82, 2.24) is 0 Å². The summed E-state index contributed by atoms with van der Waals surface area (Å²) in [6, 6.07) is 0. The second kappa shape index (κ2) is 8.61. The molecule has 0 radical (unpaired) electrons. The van der Waals surface area contributed by atoms with Gasteiger partial charge in [0.05, 0.1) is 0 Å². The molecule has 1 unspecified atom stereocenters. The fourth-order valence-electron chi connectivity index (χ4n) is 1.35. The fraction of sp³-hybridized carbons (Fsp3) is 0.909. The van der Waals surface area contributed by atoms with Crippen molar-refractivity contribution in [3.8, 4) is 0 Å². The van der Waals surface area contributed by atoms with E-state index in [4.69, 9.17) is 0 Å². The van der Waals surface area contributed by atoms with Gasteiger partial charge in [-0.15, -0.1) is 0 Å². The SMILES string of the molecule is CCCCCC(C)CC(=O)SCC. The van der Waals surface area contributed by atoms with Gasteiger partial charge in [0.25, 0.3) is 0 Å². The smallest absolute Gasteiger partial charge is 0.189 e. The van der Waals surface area contributed by atoms with Gasteiger partial charge in [0, 0.05) is 6.42 Å².